The zero-order valence-corrected chi connectivity index (χ0v) is 18.1. The van der Waals surface area contributed by atoms with Crippen LogP contribution in [0.25, 0.3) is 0 Å². The number of rotatable bonds is 5. The lowest BCUT2D eigenvalue weighted by atomic mass is 10.1. The van der Waals surface area contributed by atoms with Crippen molar-refractivity contribution in [1.29, 1.82) is 5.26 Å². The summed E-state index contributed by atoms with van der Waals surface area (Å²) in [7, 11) is -4.07. The highest BCUT2D eigenvalue weighted by molar-refractivity contribution is 7.89. The van der Waals surface area contributed by atoms with E-state index in [-0.39, 0.29) is 29.4 Å². The molecule has 0 aliphatic carbocycles. The van der Waals surface area contributed by atoms with Crippen LogP contribution in [0.1, 0.15) is 11.1 Å². The lowest BCUT2D eigenvalue weighted by Gasteiger charge is -2.18. The maximum atomic E-state index is 12.8. The van der Waals surface area contributed by atoms with Crippen molar-refractivity contribution in [3.63, 3.8) is 0 Å². The highest BCUT2D eigenvalue weighted by atomic mass is 32.2. The Morgan fingerprint density at radius 2 is 1.82 bits per heavy atom. The van der Waals surface area contributed by atoms with Gasteiger partial charge in [0.05, 0.1) is 35.3 Å². The zero-order chi connectivity index (χ0) is 24.5. The van der Waals surface area contributed by atoms with Crippen LogP contribution < -0.4 is 10.0 Å². The lowest BCUT2D eigenvalue weighted by Crippen LogP contribution is -2.44. The number of nitrogens with one attached hydrogen (secondary N) is 2. The Kier molecular flexibility index (Phi) is 6.50. The van der Waals surface area contributed by atoms with Gasteiger partial charge in [-0.15, -0.1) is 0 Å². The third-order valence-electron chi connectivity index (χ3n) is 5.31. The molecule has 13 heteroatoms. The Labute approximate surface area is 192 Å². The van der Waals surface area contributed by atoms with Gasteiger partial charge >= 0.3 is 12.3 Å². The first kappa shape index (κ1) is 24.0. The molecule has 0 saturated carbocycles. The lowest BCUT2D eigenvalue weighted by molar-refractivity contribution is -0.137. The third kappa shape index (κ3) is 5.00. The van der Waals surface area contributed by atoms with E-state index < -0.39 is 52.2 Å². The molecule has 4 rings (SSSR count). The van der Waals surface area contributed by atoms with Crippen molar-refractivity contribution in [2.45, 2.75) is 35.4 Å². The Balaban J connectivity index is 1.38. The molecule has 2 fully saturated rings. The average Bonchev–Trinajstić information content (AvgIpc) is 3.36. The van der Waals surface area contributed by atoms with Crippen molar-refractivity contribution < 1.29 is 40.6 Å². The molecule has 180 valence electrons. The number of carbonyl (C=O) groups is 1. The summed E-state index contributed by atoms with van der Waals surface area (Å²) in [5.74, 6) is 0. The van der Waals surface area contributed by atoms with Crippen LogP contribution in [0.2, 0.25) is 0 Å². The standard InChI is InChI=1S/C21H18F3N3O6S/c22-21(23,24)13-5-3-6-14(8-13)26-20(28)33-16-11-32-18-15(10-31-19(16)18)27-34(29,30)17-7-2-1-4-12(17)9-25/h1-8,15-16,18-19,27H,10-11H2,(H,26,28)/t15-,16-,18-,19+/m1/s1. The molecule has 2 aromatic carbocycles. The summed E-state index contributed by atoms with van der Waals surface area (Å²) in [5, 5.41) is 11.4. The maximum absolute atomic E-state index is 12.8. The Bertz CT molecular complexity index is 1230. The van der Waals surface area contributed by atoms with Crippen molar-refractivity contribution in [1.82, 2.24) is 4.72 Å². The minimum atomic E-state index is -4.57. The molecule has 34 heavy (non-hydrogen) atoms. The quantitative estimate of drug-likeness (QED) is 0.650. The van der Waals surface area contributed by atoms with Gasteiger partial charge in [-0.2, -0.15) is 18.4 Å². The number of anilines is 1. The number of carbonyl (C=O) groups excluding carboxylic acids is 1. The van der Waals surface area contributed by atoms with Gasteiger partial charge in [0.2, 0.25) is 10.0 Å². The van der Waals surface area contributed by atoms with Gasteiger partial charge in [0.25, 0.3) is 0 Å². The fourth-order valence-corrected chi connectivity index (χ4v) is 5.17. The fourth-order valence-electron chi connectivity index (χ4n) is 3.78. The van der Waals surface area contributed by atoms with Gasteiger partial charge in [-0.1, -0.05) is 18.2 Å². The molecule has 2 aliphatic rings. The number of hydrogen-bond acceptors (Lipinski definition) is 7. The van der Waals surface area contributed by atoms with Crippen molar-refractivity contribution in [2.24, 2.45) is 0 Å². The summed E-state index contributed by atoms with van der Waals surface area (Å²) >= 11 is 0. The summed E-state index contributed by atoms with van der Waals surface area (Å²) in [6, 6.07) is 10.8. The maximum Gasteiger partial charge on any atom is 0.416 e. The van der Waals surface area contributed by atoms with Crippen molar-refractivity contribution >= 4 is 21.8 Å². The number of hydrogen-bond donors (Lipinski definition) is 2. The van der Waals surface area contributed by atoms with E-state index in [1.54, 1.807) is 6.07 Å². The highest BCUT2D eigenvalue weighted by Gasteiger charge is 2.50. The topological polar surface area (TPSA) is 127 Å². The SMILES string of the molecule is N#Cc1ccccc1S(=O)(=O)N[C@@H]1CO[C@@H]2[C@@H]1OC[C@H]2OC(=O)Nc1cccc(C(F)(F)F)c1. The minimum Gasteiger partial charge on any atom is -0.441 e. The largest absolute Gasteiger partial charge is 0.441 e. The smallest absolute Gasteiger partial charge is 0.416 e. The van der Waals surface area contributed by atoms with Crippen LogP contribution in [-0.4, -0.2) is 52.1 Å². The second-order valence-corrected chi connectivity index (χ2v) is 9.26. The van der Waals surface area contributed by atoms with E-state index in [9.17, 15) is 31.6 Å². The Morgan fingerprint density at radius 1 is 1.09 bits per heavy atom. The third-order valence-corrected chi connectivity index (χ3v) is 6.85. The van der Waals surface area contributed by atoms with E-state index in [4.69, 9.17) is 14.2 Å². The van der Waals surface area contributed by atoms with Gasteiger partial charge < -0.3 is 14.2 Å². The number of alkyl halides is 3. The van der Waals surface area contributed by atoms with E-state index in [2.05, 4.69) is 10.0 Å². The second-order valence-electron chi connectivity index (χ2n) is 7.58. The molecule has 2 heterocycles. The first-order valence-corrected chi connectivity index (χ1v) is 11.5. The number of ether oxygens (including phenoxy) is 3. The van der Waals surface area contributed by atoms with Crippen LogP contribution in [0, 0.1) is 11.3 Å². The van der Waals surface area contributed by atoms with Crippen LogP contribution in [-0.2, 0) is 30.4 Å². The monoisotopic (exact) mass is 497 g/mol. The van der Waals surface area contributed by atoms with Crippen LogP contribution in [0.5, 0.6) is 0 Å². The number of sulfonamides is 1. The molecule has 0 bridgehead atoms. The predicted molar refractivity (Wildman–Crippen MR) is 110 cm³/mol. The fraction of sp³-hybridized carbons (Fsp3) is 0.333. The molecule has 2 aromatic rings. The molecule has 0 radical (unpaired) electrons. The number of fused-ring (bicyclic) bond motifs is 1. The van der Waals surface area contributed by atoms with Crippen molar-refractivity contribution in [3.8, 4) is 6.07 Å². The molecule has 4 atom stereocenters. The van der Waals surface area contributed by atoms with Crippen molar-refractivity contribution in [2.75, 3.05) is 18.5 Å². The zero-order valence-electron chi connectivity index (χ0n) is 17.3. The molecular formula is C21H18F3N3O6S. The first-order valence-electron chi connectivity index (χ1n) is 9.98. The van der Waals surface area contributed by atoms with Gasteiger partial charge in [-0.3, -0.25) is 5.32 Å². The van der Waals surface area contributed by atoms with E-state index in [1.165, 1.54) is 24.3 Å². The van der Waals surface area contributed by atoms with E-state index in [0.29, 0.717) is 0 Å². The average molecular weight is 497 g/mol. The van der Waals surface area contributed by atoms with E-state index in [1.807, 2.05) is 6.07 Å². The van der Waals surface area contributed by atoms with Crippen molar-refractivity contribution in [3.05, 3.63) is 59.7 Å². The molecular weight excluding hydrogens is 479 g/mol. The van der Waals surface area contributed by atoms with Gasteiger partial charge in [0, 0.05) is 5.69 Å². The number of halogens is 3. The Morgan fingerprint density at radius 3 is 2.56 bits per heavy atom. The van der Waals surface area contributed by atoms with Crippen LogP contribution >= 0.6 is 0 Å². The van der Waals surface area contributed by atoms with E-state index >= 15 is 0 Å². The van der Waals surface area contributed by atoms with Gasteiger partial charge in [-0.25, -0.2) is 17.9 Å². The minimum absolute atomic E-state index is 0.0229. The van der Waals surface area contributed by atoms with Gasteiger partial charge in [0.1, 0.15) is 18.3 Å². The molecule has 2 aliphatic heterocycles. The van der Waals surface area contributed by atoms with Crippen LogP contribution in [0.15, 0.2) is 53.4 Å². The summed E-state index contributed by atoms with van der Waals surface area (Å²) in [6.45, 7) is -0.170. The molecule has 1 amide bonds. The number of nitrogens with zero attached hydrogens (tertiary/aromatic N) is 1. The molecule has 0 spiro atoms. The predicted octanol–water partition coefficient (Wildman–Crippen LogP) is 2.64. The highest BCUT2D eigenvalue weighted by Crippen LogP contribution is 2.32. The summed E-state index contributed by atoms with van der Waals surface area (Å²) in [4.78, 5) is 12.0. The normalized spacial score (nSPS) is 24.3. The molecule has 2 saturated heterocycles. The Hall–Kier alpha value is -3.18. The van der Waals surface area contributed by atoms with Gasteiger partial charge in [0.15, 0.2) is 6.10 Å². The molecule has 0 aromatic heterocycles. The summed E-state index contributed by atoms with van der Waals surface area (Å²) in [5.41, 5.74) is -1.06. The van der Waals surface area contributed by atoms with Crippen LogP contribution in [0.4, 0.5) is 23.7 Å². The molecule has 2 N–H and O–H groups in total. The van der Waals surface area contributed by atoms with Gasteiger partial charge in [-0.05, 0) is 30.3 Å². The summed E-state index contributed by atoms with van der Waals surface area (Å²) in [6.07, 6.45) is -8.04. The molecule has 0 unspecified atom stereocenters. The molecule has 9 nitrogen and oxygen atoms in total. The number of nitriles is 1. The second kappa shape index (κ2) is 9.22. The van der Waals surface area contributed by atoms with Crippen LogP contribution in [0.3, 0.4) is 0 Å². The number of benzene rings is 2. The summed E-state index contributed by atoms with van der Waals surface area (Å²) < 4.78 is 82.9. The first-order chi connectivity index (χ1) is 16.1. The number of amides is 1. The van der Waals surface area contributed by atoms with E-state index in [0.717, 1.165) is 18.2 Å².